The Kier molecular flexibility index (Phi) is 5.12. The summed E-state index contributed by atoms with van der Waals surface area (Å²) in [4.78, 5) is 33.3. The molecule has 0 spiro atoms. The van der Waals surface area contributed by atoms with Gasteiger partial charge in [-0.05, 0) is 25.8 Å². The van der Waals surface area contributed by atoms with Gasteiger partial charge in [-0.1, -0.05) is 0 Å². The summed E-state index contributed by atoms with van der Waals surface area (Å²) < 4.78 is 9.79. The van der Waals surface area contributed by atoms with Gasteiger partial charge in [0.2, 0.25) is 0 Å². The SMILES string of the molecule is CCOC1=CCCC(C(=C=O)C(=O)OC)C1=C=O. The fraction of sp³-hybridized carbons (Fsp3) is 0.462. The molecule has 0 aromatic carbocycles. The van der Waals surface area contributed by atoms with E-state index in [2.05, 4.69) is 4.74 Å². The van der Waals surface area contributed by atoms with Crippen molar-refractivity contribution in [2.75, 3.05) is 13.7 Å². The quantitative estimate of drug-likeness (QED) is 0.423. The summed E-state index contributed by atoms with van der Waals surface area (Å²) in [6, 6.07) is 0. The molecule has 0 saturated carbocycles. The number of hydrogen-bond acceptors (Lipinski definition) is 5. The Bertz CT molecular complexity index is 462. The first-order chi connectivity index (χ1) is 8.69. The van der Waals surface area contributed by atoms with Crippen LogP contribution in [0.2, 0.25) is 0 Å². The second kappa shape index (κ2) is 6.60. The van der Waals surface area contributed by atoms with Crippen LogP contribution in [0.5, 0.6) is 0 Å². The minimum Gasteiger partial charge on any atom is -0.493 e. The zero-order chi connectivity index (χ0) is 13.5. The molecule has 1 atom stereocenters. The molecule has 96 valence electrons. The molecule has 1 unspecified atom stereocenters. The van der Waals surface area contributed by atoms with Crippen LogP contribution in [-0.2, 0) is 23.9 Å². The van der Waals surface area contributed by atoms with Gasteiger partial charge in [0.1, 0.15) is 23.2 Å². The number of allylic oxidation sites excluding steroid dienone is 2. The molecule has 0 radical (unpaired) electrons. The van der Waals surface area contributed by atoms with E-state index in [4.69, 9.17) is 4.74 Å². The van der Waals surface area contributed by atoms with Crippen molar-refractivity contribution in [3.8, 4) is 0 Å². The van der Waals surface area contributed by atoms with E-state index in [9.17, 15) is 14.4 Å². The van der Waals surface area contributed by atoms with Crippen LogP contribution in [0.1, 0.15) is 19.8 Å². The number of rotatable bonds is 4. The summed E-state index contributed by atoms with van der Waals surface area (Å²) in [5.74, 6) is 2.25. The topological polar surface area (TPSA) is 69.7 Å². The molecular weight excluding hydrogens is 236 g/mol. The van der Waals surface area contributed by atoms with Crippen molar-refractivity contribution in [3.05, 3.63) is 23.0 Å². The Morgan fingerprint density at radius 1 is 1.50 bits per heavy atom. The lowest BCUT2D eigenvalue weighted by Gasteiger charge is -2.22. The number of carbonyl (C=O) groups excluding carboxylic acids is 3. The highest BCUT2D eigenvalue weighted by molar-refractivity contribution is 5.98. The summed E-state index contributed by atoms with van der Waals surface area (Å²) in [6.07, 6.45) is 2.81. The number of ether oxygens (including phenoxy) is 2. The van der Waals surface area contributed by atoms with Gasteiger partial charge in [-0.25, -0.2) is 14.4 Å². The Morgan fingerprint density at radius 2 is 2.22 bits per heavy atom. The molecule has 0 aromatic heterocycles. The van der Waals surface area contributed by atoms with Crippen LogP contribution >= 0.6 is 0 Å². The van der Waals surface area contributed by atoms with Gasteiger partial charge in [0, 0.05) is 5.92 Å². The average Bonchev–Trinajstić information content (AvgIpc) is 2.40. The van der Waals surface area contributed by atoms with Crippen LogP contribution in [0.3, 0.4) is 0 Å². The second-order valence-corrected chi connectivity index (χ2v) is 3.65. The summed E-state index contributed by atoms with van der Waals surface area (Å²) in [5, 5.41) is 0. The molecule has 1 rings (SSSR count). The minimum absolute atomic E-state index is 0.173. The molecule has 5 nitrogen and oxygen atoms in total. The predicted molar refractivity (Wildman–Crippen MR) is 62.9 cm³/mol. The van der Waals surface area contributed by atoms with Crippen LogP contribution in [0.4, 0.5) is 0 Å². The van der Waals surface area contributed by atoms with E-state index in [0.717, 1.165) is 0 Å². The lowest BCUT2D eigenvalue weighted by molar-refractivity contribution is -0.136. The number of hydrogen-bond donors (Lipinski definition) is 0. The number of carbonyl (C=O) groups is 1. The molecule has 0 heterocycles. The van der Waals surface area contributed by atoms with Crippen LogP contribution in [0.25, 0.3) is 0 Å². The fourth-order valence-corrected chi connectivity index (χ4v) is 1.87. The summed E-state index contributed by atoms with van der Waals surface area (Å²) >= 11 is 0. The average molecular weight is 250 g/mol. The maximum absolute atomic E-state index is 11.4. The van der Waals surface area contributed by atoms with Gasteiger partial charge in [-0.3, -0.25) is 0 Å². The first-order valence-corrected chi connectivity index (χ1v) is 5.61. The van der Waals surface area contributed by atoms with Gasteiger partial charge in [-0.15, -0.1) is 0 Å². The Balaban J connectivity index is 3.11. The van der Waals surface area contributed by atoms with Crippen molar-refractivity contribution in [3.63, 3.8) is 0 Å². The molecule has 1 aliphatic carbocycles. The van der Waals surface area contributed by atoms with Crippen molar-refractivity contribution in [2.45, 2.75) is 19.8 Å². The van der Waals surface area contributed by atoms with E-state index in [0.29, 0.717) is 25.2 Å². The van der Waals surface area contributed by atoms with Gasteiger partial charge >= 0.3 is 5.97 Å². The van der Waals surface area contributed by atoms with E-state index in [-0.39, 0.29) is 11.1 Å². The molecule has 0 saturated heterocycles. The zero-order valence-electron chi connectivity index (χ0n) is 10.3. The second-order valence-electron chi connectivity index (χ2n) is 3.65. The molecule has 0 amide bonds. The molecule has 1 aliphatic rings. The van der Waals surface area contributed by atoms with Crippen molar-refractivity contribution >= 4 is 17.9 Å². The standard InChI is InChI=1S/C13H14O5/c1-3-18-12-6-4-5-9(10(12)7-14)11(8-15)13(16)17-2/h6,9H,3-5H2,1-2H3. The number of methoxy groups -OCH3 is 1. The molecular formula is C13H14O5. The number of esters is 1. The van der Waals surface area contributed by atoms with Crippen LogP contribution in [-0.4, -0.2) is 31.6 Å². The van der Waals surface area contributed by atoms with Crippen molar-refractivity contribution in [1.29, 1.82) is 0 Å². The third kappa shape index (κ3) is 2.77. The molecule has 0 N–H and O–H groups in total. The normalized spacial score (nSPS) is 18.2. The van der Waals surface area contributed by atoms with Gasteiger partial charge in [-0.2, -0.15) is 0 Å². The lowest BCUT2D eigenvalue weighted by Crippen LogP contribution is -2.22. The van der Waals surface area contributed by atoms with Crippen LogP contribution in [0, 0.1) is 5.92 Å². The highest BCUT2D eigenvalue weighted by Crippen LogP contribution is 2.33. The van der Waals surface area contributed by atoms with Gasteiger partial charge < -0.3 is 9.47 Å². The van der Waals surface area contributed by atoms with E-state index in [1.54, 1.807) is 24.9 Å². The maximum Gasteiger partial charge on any atom is 0.345 e. The zero-order valence-corrected chi connectivity index (χ0v) is 10.3. The van der Waals surface area contributed by atoms with E-state index >= 15 is 0 Å². The fourth-order valence-electron chi connectivity index (χ4n) is 1.87. The van der Waals surface area contributed by atoms with Crippen LogP contribution < -0.4 is 0 Å². The van der Waals surface area contributed by atoms with Crippen molar-refractivity contribution in [2.24, 2.45) is 5.92 Å². The summed E-state index contributed by atoms with van der Waals surface area (Å²) in [6.45, 7) is 2.17. The molecule has 18 heavy (non-hydrogen) atoms. The Labute approximate surface area is 105 Å². The first kappa shape index (κ1) is 14.0. The van der Waals surface area contributed by atoms with Gasteiger partial charge in [0.25, 0.3) is 0 Å². The Hall–Kier alpha value is -2.09. The predicted octanol–water partition coefficient (Wildman–Crippen LogP) is 1.01. The van der Waals surface area contributed by atoms with E-state index in [1.807, 2.05) is 0 Å². The third-order valence-corrected chi connectivity index (χ3v) is 2.67. The summed E-state index contributed by atoms with van der Waals surface area (Å²) in [7, 11) is 1.17. The monoisotopic (exact) mass is 250 g/mol. The van der Waals surface area contributed by atoms with Crippen molar-refractivity contribution in [1.82, 2.24) is 0 Å². The highest BCUT2D eigenvalue weighted by atomic mass is 16.5. The Morgan fingerprint density at radius 3 is 2.72 bits per heavy atom. The third-order valence-electron chi connectivity index (χ3n) is 2.67. The van der Waals surface area contributed by atoms with E-state index < -0.39 is 11.9 Å². The molecule has 0 aromatic rings. The van der Waals surface area contributed by atoms with Crippen LogP contribution in [0.15, 0.2) is 23.0 Å². The van der Waals surface area contributed by atoms with Gasteiger partial charge in [0.05, 0.1) is 19.3 Å². The molecule has 0 aliphatic heterocycles. The minimum atomic E-state index is -0.777. The lowest BCUT2D eigenvalue weighted by atomic mass is 9.83. The largest absolute Gasteiger partial charge is 0.493 e. The maximum atomic E-state index is 11.4. The smallest absolute Gasteiger partial charge is 0.345 e. The van der Waals surface area contributed by atoms with Crippen molar-refractivity contribution < 1.29 is 23.9 Å². The van der Waals surface area contributed by atoms with E-state index in [1.165, 1.54) is 7.11 Å². The summed E-state index contributed by atoms with van der Waals surface area (Å²) in [5.41, 5.74) is -0.0204. The van der Waals surface area contributed by atoms with Gasteiger partial charge in [0.15, 0.2) is 0 Å². The molecule has 0 bridgehead atoms. The molecule has 5 heteroatoms. The highest BCUT2D eigenvalue weighted by Gasteiger charge is 2.32. The first-order valence-electron chi connectivity index (χ1n) is 5.61. The molecule has 0 fully saturated rings.